The fourth-order valence-corrected chi connectivity index (χ4v) is 3.60. The van der Waals surface area contributed by atoms with Crippen LogP contribution in [-0.4, -0.2) is 27.0 Å². The maximum Gasteiger partial charge on any atom is 0.148 e. The number of thioether (sulfide) groups is 1. The number of nitrogens with one attached hydrogen (secondary N) is 2. The summed E-state index contributed by atoms with van der Waals surface area (Å²) in [5, 5.41) is 3.50. The number of hydrazine groups is 1. The summed E-state index contributed by atoms with van der Waals surface area (Å²) in [5.41, 5.74) is 3.65. The Morgan fingerprint density at radius 1 is 1.35 bits per heavy atom. The third-order valence-electron chi connectivity index (χ3n) is 3.75. The predicted octanol–water partition coefficient (Wildman–Crippen LogP) is 2.89. The molecule has 4 N–H and O–H groups in total. The highest BCUT2D eigenvalue weighted by Gasteiger charge is 2.29. The maximum absolute atomic E-state index is 5.56. The van der Waals surface area contributed by atoms with Crippen molar-refractivity contribution in [3.63, 3.8) is 0 Å². The summed E-state index contributed by atoms with van der Waals surface area (Å²) < 4.78 is 0.311. The average Bonchev–Trinajstić information content (AvgIpc) is 2.84. The molecule has 1 aliphatic rings. The van der Waals surface area contributed by atoms with Gasteiger partial charge in [-0.15, -0.1) is 0 Å². The van der Waals surface area contributed by atoms with Gasteiger partial charge >= 0.3 is 0 Å². The van der Waals surface area contributed by atoms with Gasteiger partial charge in [-0.3, -0.25) is 0 Å². The van der Waals surface area contributed by atoms with Crippen LogP contribution in [-0.2, 0) is 0 Å². The van der Waals surface area contributed by atoms with Crippen LogP contribution in [0.4, 0.5) is 11.6 Å². The molecule has 0 amide bonds. The molecular formula is C14H25N5S. The van der Waals surface area contributed by atoms with Crippen molar-refractivity contribution in [2.24, 2.45) is 5.84 Å². The van der Waals surface area contributed by atoms with E-state index in [1.807, 2.05) is 18.7 Å². The molecule has 6 heteroatoms. The van der Waals surface area contributed by atoms with Gasteiger partial charge in [-0.05, 0) is 32.4 Å². The van der Waals surface area contributed by atoms with Crippen LogP contribution in [0, 0.1) is 6.92 Å². The minimum atomic E-state index is 0.277. The quantitative estimate of drug-likeness (QED) is 0.573. The lowest BCUT2D eigenvalue weighted by atomic mass is 10.1. The SMILES string of the molecule is Cc1c(NN)nc(C(C)C)nc1NCC1(C)CCCS1. The summed E-state index contributed by atoms with van der Waals surface area (Å²) in [6, 6.07) is 0. The highest BCUT2D eigenvalue weighted by Crippen LogP contribution is 2.38. The number of nitrogen functional groups attached to an aromatic ring is 1. The van der Waals surface area contributed by atoms with E-state index in [1.54, 1.807) is 0 Å². The largest absolute Gasteiger partial charge is 0.368 e. The first kappa shape index (κ1) is 15.4. The van der Waals surface area contributed by atoms with Crippen LogP contribution in [0.1, 0.15) is 50.9 Å². The molecule has 0 saturated carbocycles. The molecule has 1 fully saturated rings. The Morgan fingerprint density at radius 3 is 2.60 bits per heavy atom. The van der Waals surface area contributed by atoms with Crippen molar-refractivity contribution in [1.82, 2.24) is 9.97 Å². The van der Waals surface area contributed by atoms with Gasteiger partial charge in [0.2, 0.25) is 0 Å². The van der Waals surface area contributed by atoms with Gasteiger partial charge in [0.1, 0.15) is 17.5 Å². The number of rotatable bonds is 5. The zero-order valence-electron chi connectivity index (χ0n) is 12.8. The first-order chi connectivity index (χ1) is 9.45. The van der Waals surface area contributed by atoms with Gasteiger partial charge < -0.3 is 10.7 Å². The summed E-state index contributed by atoms with van der Waals surface area (Å²) in [6.07, 6.45) is 2.56. The molecule has 1 aliphatic heterocycles. The van der Waals surface area contributed by atoms with Gasteiger partial charge in [-0.1, -0.05) is 13.8 Å². The third kappa shape index (κ3) is 3.35. The van der Waals surface area contributed by atoms with Crippen molar-refractivity contribution >= 4 is 23.4 Å². The number of anilines is 2. The van der Waals surface area contributed by atoms with Crippen molar-refractivity contribution in [3.8, 4) is 0 Å². The topological polar surface area (TPSA) is 75.9 Å². The van der Waals surface area contributed by atoms with Crippen molar-refractivity contribution in [2.45, 2.75) is 51.2 Å². The van der Waals surface area contributed by atoms with Crippen molar-refractivity contribution < 1.29 is 0 Å². The zero-order chi connectivity index (χ0) is 14.8. The predicted molar refractivity (Wildman–Crippen MR) is 87.3 cm³/mol. The van der Waals surface area contributed by atoms with E-state index in [-0.39, 0.29) is 5.92 Å². The minimum Gasteiger partial charge on any atom is -0.368 e. The normalized spacial score (nSPS) is 22.3. The number of hydrogen-bond donors (Lipinski definition) is 3. The molecule has 20 heavy (non-hydrogen) atoms. The smallest absolute Gasteiger partial charge is 0.148 e. The maximum atomic E-state index is 5.56. The Morgan fingerprint density at radius 2 is 2.05 bits per heavy atom. The van der Waals surface area contributed by atoms with Crippen LogP contribution < -0.4 is 16.6 Å². The molecule has 1 unspecified atom stereocenters. The summed E-state index contributed by atoms with van der Waals surface area (Å²) in [5.74, 6) is 9.51. The van der Waals surface area contributed by atoms with Crippen LogP contribution in [0.3, 0.4) is 0 Å². The van der Waals surface area contributed by atoms with Gasteiger partial charge in [-0.2, -0.15) is 11.8 Å². The first-order valence-electron chi connectivity index (χ1n) is 7.18. The number of hydrogen-bond acceptors (Lipinski definition) is 6. The van der Waals surface area contributed by atoms with Crippen LogP contribution >= 0.6 is 11.8 Å². The number of nitrogens with zero attached hydrogens (tertiary/aromatic N) is 2. The molecule has 0 radical (unpaired) electrons. The molecular weight excluding hydrogens is 270 g/mol. The van der Waals surface area contributed by atoms with Crippen LogP contribution in [0.15, 0.2) is 0 Å². The summed E-state index contributed by atoms with van der Waals surface area (Å²) in [4.78, 5) is 9.10. The van der Waals surface area contributed by atoms with Crippen molar-refractivity contribution in [1.29, 1.82) is 0 Å². The molecule has 0 bridgehead atoms. The van der Waals surface area contributed by atoms with E-state index in [0.717, 1.165) is 23.8 Å². The monoisotopic (exact) mass is 295 g/mol. The first-order valence-corrected chi connectivity index (χ1v) is 8.17. The Hall–Kier alpha value is -1.01. The van der Waals surface area contributed by atoms with Gasteiger partial charge in [0.15, 0.2) is 0 Å². The van der Waals surface area contributed by atoms with Gasteiger partial charge in [-0.25, -0.2) is 15.8 Å². The lowest BCUT2D eigenvalue weighted by Crippen LogP contribution is -2.28. The highest BCUT2D eigenvalue weighted by atomic mass is 32.2. The van der Waals surface area contributed by atoms with Crippen LogP contribution in [0.2, 0.25) is 0 Å². The van der Waals surface area contributed by atoms with E-state index in [2.05, 4.69) is 41.5 Å². The molecule has 0 aliphatic carbocycles. The van der Waals surface area contributed by atoms with E-state index in [1.165, 1.54) is 18.6 Å². The molecule has 0 spiro atoms. The molecule has 0 aromatic carbocycles. The molecule has 1 saturated heterocycles. The molecule has 2 rings (SSSR count). The van der Waals surface area contributed by atoms with Crippen LogP contribution in [0.5, 0.6) is 0 Å². The molecule has 1 aromatic rings. The second kappa shape index (κ2) is 6.18. The van der Waals surface area contributed by atoms with E-state index in [9.17, 15) is 0 Å². The Balaban J connectivity index is 2.19. The van der Waals surface area contributed by atoms with E-state index >= 15 is 0 Å². The number of aromatic nitrogens is 2. The van der Waals surface area contributed by atoms with Crippen LogP contribution in [0.25, 0.3) is 0 Å². The fraction of sp³-hybridized carbons (Fsp3) is 0.714. The number of nitrogens with two attached hydrogens (primary N) is 1. The summed E-state index contributed by atoms with van der Waals surface area (Å²) in [7, 11) is 0. The summed E-state index contributed by atoms with van der Waals surface area (Å²) >= 11 is 2.04. The van der Waals surface area contributed by atoms with E-state index < -0.39 is 0 Å². The van der Waals surface area contributed by atoms with Crippen molar-refractivity contribution in [3.05, 3.63) is 11.4 Å². The van der Waals surface area contributed by atoms with Gasteiger partial charge in [0.25, 0.3) is 0 Å². The Labute approximate surface area is 125 Å². The minimum absolute atomic E-state index is 0.277. The third-order valence-corrected chi connectivity index (χ3v) is 5.28. The Kier molecular flexibility index (Phi) is 4.75. The second-order valence-corrected chi connectivity index (χ2v) is 7.64. The highest BCUT2D eigenvalue weighted by molar-refractivity contribution is 8.00. The van der Waals surface area contributed by atoms with E-state index in [0.29, 0.717) is 10.6 Å². The molecule has 1 aromatic heterocycles. The average molecular weight is 295 g/mol. The zero-order valence-corrected chi connectivity index (χ0v) is 13.6. The molecule has 1 atom stereocenters. The Bertz CT molecular complexity index is 469. The molecule has 2 heterocycles. The lowest BCUT2D eigenvalue weighted by molar-refractivity contribution is 0.632. The molecule has 112 valence electrons. The lowest BCUT2D eigenvalue weighted by Gasteiger charge is -2.24. The van der Waals surface area contributed by atoms with Gasteiger partial charge in [0.05, 0.1) is 0 Å². The second-order valence-electron chi connectivity index (χ2n) is 5.96. The van der Waals surface area contributed by atoms with E-state index in [4.69, 9.17) is 5.84 Å². The van der Waals surface area contributed by atoms with Crippen molar-refractivity contribution in [2.75, 3.05) is 23.0 Å². The van der Waals surface area contributed by atoms with Gasteiger partial charge in [0, 0.05) is 22.8 Å². The standard InChI is InChI=1S/C14H25N5S/c1-9(2)11-17-12(10(3)13(18-11)19-15)16-8-14(4)6-5-7-20-14/h9H,5-8,15H2,1-4H3,(H2,16,17,18,19). The fourth-order valence-electron chi connectivity index (χ4n) is 2.35. The molecule has 5 nitrogen and oxygen atoms in total. The summed E-state index contributed by atoms with van der Waals surface area (Å²) in [6.45, 7) is 9.41.